The fourth-order valence-corrected chi connectivity index (χ4v) is 1.70. The number of rotatable bonds is 5. The molecule has 0 bridgehead atoms. The van der Waals surface area contributed by atoms with Crippen LogP contribution in [0.5, 0.6) is 0 Å². The van der Waals surface area contributed by atoms with Crippen LogP contribution in [0.15, 0.2) is 18.2 Å². The van der Waals surface area contributed by atoms with E-state index in [1.54, 1.807) is 12.1 Å². The summed E-state index contributed by atoms with van der Waals surface area (Å²) >= 11 is 5.76. The third kappa shape index (κ3) is 3.03. The molecule has 0 atom stereocenters. The van der Waals surface area contributed by atoms with Gasteiger partial charge in [-0.1, -0.05) is 23.7 Å². The lowest BCUT2D eigenvalue weighted by Gasteiger charge is -2.05. The van der Waals surface area contributed by atoms with Crippen molar-refractivity contribution in [1.29, 1.82) is 0 Å². The Labute approximate surface area is 98.8 Å². The van der Waals surface area contributed by atoms with E-state index in [0.717, 1.165) is 12.8 Å². The minimum atomic E-state index is -0.470. The van der Waals surface area contributed by atoms with Crippen LogP contribution in [0.25, 0.3) is 0 Å². The summed E-state index contributed by atoms with van der Waals surface area (Å²) in [5.41, 5.74) is 0.560. The van der Waals surface area contributed by atoms with Crippen molar-refractivity contribution in [1.82, 2.24) is 5.32 Å². The summed E-state index contributed by atoms with van der Waals surface area (Å²) in [6, 6.07) is 5.05. The molecule has 1 fully saturated rings. The molecule has 0 radical (unpaired) electrons. The molecule has 1 aliphatic rings. The van der Waals surface area contributed by atoms with Crippen LogP contribution in [0.1, 0.15) is 18.4 Å². The fourth-order valence-electron chi connectivity index (χ4n) is 1.51. The van der Waals surface area contributed by atoms with E-state index in [-0.39, 0.29) is 17.2 Å². The first-order valence-electron chi connectivity index (χ1n) is 5.35. The lowest BCUT2D eigenvalue weighted by molar-refractivity contribution is -0.117. The number of nitrogens with one attached hydrogen (secondary N) is 1. The molecule has 2 nitrogen and oxygen atoms in total. The summed E-state index contributed by atoms with van der Waals surface area (Å²) in [6.07, 6.45) is 2.48. The molecule has 0 unspecified atom stereocenters. The first-order valence-corrected chi connectivity index (χ1v) is 5.72. The van der Waals surface area contributed by atoms with E-state index in [2.05, 4.69) is 5.32 Å². The zero-order valence-corrected chi connectivity index (χ0v) is 9.56. The fraction of sp³-hybridized carbons (Fsp3) is 0.417. The van der Waals surface area contributed by atoms with Gasteiger partial charge in [-0.3, -0.25) is 4.79 Å². The van der Waals surface area contributed by atoms with Gasteiger partial charge >= 0.3 is 0 Å². The molecular formula is C12H13ClFNO. The largest absolute Gasteiger partial charge is 0.307 e. The summed E-state index contributed by atoms with van der Waals surface area (Å²) in [7, 11) is 0. The van der Waals surface area contributed by atoms with E-state index in [9.17, 15) is 9.18 Å². The highest BCUT2D eigenvalue weighted by Crippen LogP contribution is 2.21. The zero-order valence-electron chi connectivity index (χ0n) is 8.80. The maximum absolute atomic E-state index is 13.1. The number of benzene rings is 1. The monoisotopic (exact) mass is 241 g/mol. The second-order valence-electron chi connectivity index (χ2n) is 4.08. The molecule has 0 spiro atoms. The average Bonchev–Trinajstić information content (AvgIpc) is 3.06. The summed E-state index contributed by atoms with van der Waals surface area (Å²) in [5, 5.41) is 3.18. The lowest BCUT2D eigenvalue weighted by Crippen LogP contribution is -2.26. The molecule has 16 heavy (non-hydrogen) atoms. The molecule has 1 aliphatic carbocycles. The quantitative estimate of drug-likeness (QED) is 0.858. The van der Waals surface area contributed by atoms with Crippen LogP contribution in [0.2, 0.25) is 5.02 Å². The SMILES string of the molecule is O=C(CNC1CC1)Cc1cccc(F)c1Cl. The predicted octanol–water partition coefficient (Wildman–Crippen LogP) is 2.34. The van der Waals surface area contributed by atoms with Gasteiger partial charge in [0.25, 0.3) is 0 Å². The molecule has 1 aromatic rings. The Morgan fingerprint density at radius 3 is 2.94 bits per heavy atom. The van der Waals surface area contributed by atoms with Crippen LogP contribution in [0.3, 0.4) is 0 Å². The van der Waals surface area contributed by atoms with Crippen molar-refractivity contribution < 1.29 is 9.18 Å². The molecule has 1 N–H and O–H groups in total. The van der Waals surface area contributed by atoms with E-state index < -0.39 is 5.82 Å². The molecule has 0 aliphatic heterocycles. The van der Waals surface area contributed by atoms with Gasteiger partial charge in [0, 0.05) is 12.5 Å². The molecule has 0 amide bonds. The number of hydrogen-bond donors (Lipinski definition) is 1. The number of Topliss-reactive ketones (excluding diaryl/α,β-unsaturated/α-hetero) is 1. The maximum atomic E-state index is 13.1. The van der Waals surface area contributed by atoms with Gasteiger partial charge in [-0.05, 0) is 24.5 Å². The predicted molar refractivity (Wildman–Crippen MR) is 61.1 cm³/mol. The molecule has 0 heterocycles. The number of ketones is 1. The summed E-state index contributed by atoms with van der Waals surface area (Å²) < 4.78 is 13.1. The minimum Gasteiger partial charge on any atom is -0.307 e. The number of halogens is 2. The second kappa shape index (κ2) is 4.93. The first kappa shape index (κ1) is 11.6. The van der Waals surface area contributed by atoms with Crippen molar-refractivity contribution in [2.75, 3.05) is 6.54 Å². The van der Waals surface area contributed by atoms with E-state index >= 15 is 0 Å². The summed E-state index contributed by atoms with van der Waals surface area (Å²) in [6.45, 7) is 0.345. The van der Waals surface area contributed by atoms with Gasteiger partial charge in [0.05, 0.1) is 11.6 Å². The molecule has 1 aromatic carbocycles. The summed E-state index contributed by atoms with van der Waals surface area (Å²) in [4.78, 5) is 11.6. The van der Waals surface area contributed by atoms with Gasteiger partial charge in [0.15, 0.2) is 5.78 Å². The van der Waals surface area contributed by atoms with E-state index in [4.69, 9.17) is 11.6 Å². The van der Waals surface area contributed by atoms with Crippen molar-refractivity contribution >= 4 is 17.4 Å². The van der Waals surface area contributed by atoms with E-state index in [0.29, 0.717) is 18.2 Å². The molecule has 2 rings (SSSR count). The normalized spacial score (nSPS) is 15.1. The molecule has 0 saturated heterocycles. The number of carbonyl (C=O) groups is 1. The summed E-state index contributed by atoms with van der Waals surface area (Å²) in [5.74, 6) is -0.429. The molecule has 4 heteroatoms. The van der Waals surface area contributed by atoms with Gasteiger partial charge in [0.1, 0.15) is 5.82 Å². The van der Waals surface area contributed by atoms with Crippen molar-refractivity contribution in [2.45, 2.75) is 25.3 Å². The van der Waals surface area contributed by atoms with Crippen LogP contribution >= 0.6 is 11.6 Å². The molecule has 0 aromatic heterocycles. The van der Waals surface area contributed by atoms with Gasteiger partial charge in [0.2, 0.25) is 0 Å². The Morgan fingerprint density at radius 2 is 2.25 bits per heavy atom. The number of carbonyl (C=O) groups excluding carboxylic acids is 1. The van der Waals surface area contributed by atoms with Crippen LogP contribution < -0.4 is 5.32 Å². The Kier molecular flexibility index (Phi) is 3.56. The van der Waals surface area contributed by atoms with Crippen LogP contribution in [-0.2, 0) is 11.2 Å². The number of hydrogen-bond acceptors (Lipinski definition) is 2. The standard InChI is InChI=1S/C12H13ClFNO/c13-12-8(2-1-3-11(12)14)6-10(16)7-15-9-4-5-9/h1-3,9,15H,4-7H2. The smallest absolute Gasteiger partial charge is 0.151 e. The van der Waals surface area contributed by atoms with E-state index in [1.165, 1.54) is 6.07 Å². The molecule has 86 valence electrons. The van der Waals surface area contributed by atoms with Crippen molar-refractivity contribution in [2.24, 2.45) is 0 Å². The minimum absolute atomic E-state index is 0.0411. The maximum Gasteiger partial charge on any atom is 0.151 e. The highest BCUT2D eigenvalue weighted by molar-refractivity contribution is 6.31. The second-order valence-corrected chi connectivity index (χ2v) is 4.46. The third-order valence-corrected chi connectivity index (χ3v) is 3.01. The third-order valence-electron chi connectivity index (χ3n) is 2.58. The van der Waals surface area contributed by atoms with Crippen molar-refractivity contribution in [3.8, 4) is 0 Å². The average molecular weight is 242 g/mol. The first-order chi connectivity index (χ1) is 7.66. The Bertz CT molecular complexity index is 404. The van der Waals surface area contributed by atoms with Crippen molar-refractivity contribution in [3.63, 3.8) is 0 Å². The van der Waals surface area contributed by atoms with E-state index in [1.807, 2.05) is 0 Å². The lowest BCUT2D eigenvalue weighted by atomic mass is 10.1. The molecule has 1 saturated carbocycles. The zero-order chi connectivity index (χ0) is 11.5. The Balaban J connectivity index is 1.91. The Hall–Kier alpha value is -0.930. The molecular weight excluding hydrogens is 229 g/mol. The van der Waals surface area contributed by atoms with Crippen molar-refractivity contribution in [3.05, 3.63) is 34.6 Å². The van der Waals surface area contributed by atoms with Gasteiger partial charge in [-0.25, -0.2) is 4.39 Å². The highest BCUT2D eigenvalue weighted by Gasteiger charge is 2.21. The van der Waals surface area contributed by atoms with Gasteiger partial charge in [-0.15, -0.1) is 0 Å². The van der Waals surface area contributed by atoms with Gasteiger partial charge < -0.3 is 5.32 Å². The van der Waals surface area contributed by atoms with Crippen LogP contribution in [0, 0.1) is 5.82 Å². The topological polar surface area (TPSA) is 29.1 Å². The van der Waals surface area contributed by atoms with Gasteiger partial charge in [-0.2, -0.15) is 0 Å². The van der Waals surface area contributed by atoms with Crippen LogP contribution in [0.4, 0.5) is 4.39 Å². The van der Waals surface area contributed by atoms with Crippen LogP contribution in [-0.4, -0.2) is 18.4 Å². The Morgan fingerprint density at radius 1 is 1.50 bits per heavy atom. The highest BCUT2D eigenvalue weighted by atomic mass is 35.5.